The Morgan fingerprint density at radius 1 is 1.17 bits per heavy atom. The molecular formula is C16H21N3O4S. The Hall–Kier alpha value is -2.19. The van der Waals surface area contributed by atoms with E-state index >= 15 is 0 Å². The van der Waals surface area contributed by atoms with Gasteiger partial charge < -0.3 is 10.6 Å². The van der Waals surface area contributed by atoms with Gasteiger partial charge in [0.1, 0.15) is 5.41 Å². The molecule has 0 heterocycles. The predicted octanol–water partition coefficient (Wildman–Crippen LogP) is 0.0751. The fraction of sp³-hybridized carbons (Fsp3) is 0.375. The summed E-state index contributed by atoms with van der Waals surface area (Å²) in [5.41, 5.74) is -0.0795. The van der Waals surface area contributed by atoms with E-state index in [4.69, 9.17) is 5.14 Å². The average molecular weight is 351 g/mol. The molecule has 2 amide bonds. The van der Waals surface area contributed by atoms with E-state index in [0.29, 0.717) is 32.4 Å². The van der Waals surface area contributed by atoms with E-state index in [1.807, 2.05) is 0 Å². The largest absolute Gasteiger partial charge is 0.355 e. The van der Waals surface area contributed by atoms with E-state index in [1.165, 1.54) is 12.1 Å². The lowest BCUT2D eigenvalue weighted by atomic mass is 10.0. The standard InChI is InChI=1S/C16H21N3O4S/c1-2-10-18-14(20)16(8-9-16)15(21)19-11-7-12-3-5-13(6-4-12)24(17,22)23/h2-6H,1,7-11H2,(H,18,20)(H,19,21)(H2,17,22,23). The van der Waals surface area contributed by atoms with Gasteiger partial charge in [0.25, 0.3) is 0 Å². The first-order chi connectivity index (χ1) is 11.3. The van der Waals surface area contributed by atoms with Gasteiger partial charge in [-0.15, -0.1) is 6.58 Å². The maximum absolute atomic E-state index is 12.2. The van der Waals surface area contributed by atoms with Gasteiger partial charge >= 0.3 is 0 Å². The van der Waals surface area contributed by atoms with Crippen LogP contribution in [0, 0.1) is 5.41 Å². The summed E-state index contributed by atoms with van der Waals surface area (Å²) in [6.07, 6.45) is 3.19. The number of amides is 2. The predicted molar refractivity (Wildman–Crippen MR) is 89.4 cm³/mol. The van der Waals surface area contributed by atoms with Crippen LogP contribution in [0.4, 0.5) is 0 Å². The second-order valence-corrected chi connectivity index (χ2v) is 7.34. The zero-order chi connectivity index (χ0) is 17.8. The first-order valence-electron chi connectivity index (χ1n) is 7.59. The zero-order valence-electron chi connectivity index (χ0n) is 13.2. The Bertz CT molecular complexity index is 737. The van der Waals surface area contributed by atoms with Gasteiger partial charge in [-0.05, 0) is 37.0 Å². The highest BCUT2D eigenvalue weighted by Crippen LogP contribution is 2.46. The van der Waals surface area contributed by atoms with E-state index < -0.39 is 15.4 Å². The third-order valence-corrected chi connectivity index (χ3v) is 4.91. The molecule has 1 aromatic rings. The Kier molecular flexibility index (Phi) is 5.40. The van der Waals surface area contributed by atoms with Crippen LogP contribution in [0.1, 0.15) is 18.4 Å². The molecule has 0 saturated heterocycles. The van der Waals surface area contributed by atoms with Crippen LogP contribution in [-0.2, 0) is 26.0 Å². The van der Waals surface area contributed by atoms with E-state index in [1.54, 1.807) is 18.2 Å². The molecule has 7 nitrogen and oxygen atoms in total. The zero-order valence-corrected chi connectivity index (χ0v) is 14.1. The Morgan fingerprint density at radius 2 is 1.75 bits per heavy atom. The molecule has 1 aliphatic carbocycles. The summed E-state index contributed by atoms with van der Waals surface area (Å²) in [6.45, 7) is 4.23. The monoisotopic (exact) mass is 351 g/mol. The molecule has 0 bridgehead atoms. The number of hydrogen-bond donors (Lipinski definition) is 3. The molecule has 4 N–H and O–H groups in total. The molecule has 1 aromatic carbocycles. The Labute approximate surface area is 141 Å². The minimum Gasteiger partial charge on any atom is -0.355 e. The number of sulfonamides is 1. The van der Waals surface area contributed by atoms with E-state index in [2.05, 4.69) is 17.2 Å². The summed E-state index contributed by atoms with van der Waals surface area (Å²) >= 11 is 0. The highest BCUT2D eigenvalue weighted by atomic mass is 32.2. The van der Waals surface area contributed by atoms with Crippen LogP contribution in [0.2, 0.25) is 0 Å². The fourth-order valence-electron chi connectivity index (χ4n) is 2.35. The van der Waals surface area contributed by atoms with Crippen LogP contribution < -0.4 is 15.8 Å². The highest BCUT2D eigenvalue weighted by Gasteiger charge is 2.56. The minimum absolute atomic E-state index is 0.0473. The maximum Gasteiger partial charge on any atom is 0.238 e. The van der Waals surface area contributed by atoms with Crippen LogP contribution in [0.15, 0.2) is 41.8 Å². The first-order valence-corrected chi connectivity index (χ1v) is 9.13. The SMILES string of the molecule is C=CCNC(=O)C1(C(=O)NCCc2ccc(S(N)(=O)=O)cc2)CC1. The van der Waals surface area contributed by atoms with E-state index in [9.17, 15) is 18.0 Å². The summed E-state index contributed by atoms with van der Waals surface area (Å²) in [7, 11) is -3.70. The number of rotatable bonds is 8. The lowest BCUT2D eigenvalue weighted by molar-refractivity contribution is -0.137. The van der Waals surface area contributed by atoms with Crippen molar-refractivity contribution in [2.75, 3.05) is 13.1 Å². The quantitative estimate of drug-likeness (QED) is 0.454. The van der Waals surface area contributed by atoms with Crippen molar-refractivity contribution in [1.29, 1.82) is 0 Å². The second-order valence-electron chi connectivity index (χ2n) is 5.78. The number of carbonyl (C=O) groups excluding carboxylic acids is 2. The number of nitrogens with one attached hydrogen (secondary N) is 2. The van der Waals surface area contributed by atoms with Crippen LogP contribution in [-0.4, -0.2) is 33.3 Å². The molecule has 1 saturated carbocycles. The van der Waals surface area contributed by atoms with Crippen molar-refractivity contribution in [1.82, 2.24) is 10.6 Å². The molecule has 0 atom stereocenters. The summed E-state index contributed by atoms with van der Waals surface area (Å²) in [5.74, 6) is -0.539. The molecular weight excluding hydrogens is 330 g/mol. The van der Waals surface area contributed by atoms with E-state index in [0.717, 1.165) is 5.56 Å². The lowest BCUT2D eigenvalue weighted by Gasteiger charge is -2.14. The van der Waals surface area contributed by atoms with Crippen LogP contribution >= 0.6 is 0 Å². The average Bonchev–Trinajstić information content (AvgIpc) is 3.34. The first kappa shape index (κ1) is 18.2. The molecule has 0 unspecified atom stereocenters. The van der Waals surface area contributed by atoms with Crippen LogP contribution in [0.3, 0.4) is 0 Å². The molecule has 1 fully saturated rings. The molecule has 0 aliphatic heterocycles. The molecule has 130 valence electrons. The molecule has 2 rings (SSSR count). The highest BCUT2D eigenvalue weighted by molar-refractivity contribution is 7.89. The summed E-state index contributed by atoms with van der Waals surface area (Å²) in [5, 5.41) is 10.5. The van der Waals surface area contributed by atoms with Crippen molar-refractivity contribution in [2.45, 2.75) is 24.2 Å². The molecule has 0 spiro atoms. The van der Waals surface area contributed by atoms with Crippen LogP contribution in [0.5, 0.6) is 0 Å². The number of primary sulfonamides is 1. The number of benzene rings is 1. The maximum atomic E-state index is 12.2. The van der Waals surface area contributed by atoms with Crippen molar-refractivity contribution in [3.63, 3.8) is 0 Å². The second kappa shape index (κ2) is 7.14. The summed E-state index contributed by atoms with van der Waals surface area (Å²) < 4.78 is 22.4. The van der Waals surface area contributed by atoms with Crippen molar-refractivity contribution >= 4 is 21.8 Å². The third-order valence-electron chi connectivity index (χ3n) is 3.98. The Morgan fingerprint density at radius 3 is 2.25 bits per heavy atom. The number of nitrogens with two attached hydrogens (primary N) is 1. The molecule has 1 aliphatic rings. The van der Waals surface area contributed by atoms with Gasteiger partial charge in [-0.25, -0.2) is 13.6 Å². The topological polar surface area (TPSA) is 118 Å². The van der Waals surface area contributed by atoms with Gasteiger partial charge in [0.15, 0.2) is 0 Å². The van der Waals surface area contributed by atoms with Gasteiger partial charge in [0.2, 0.25) is 21.8 Å². The third kappa shape index (κ3) is 4.21. The smallest absolute Gasteiger partial charge is 0.238 e. The molecule has 24 heavy (non-hydrogen) atoms. The van der Waals surface area contributed by atoms with E-state index in [-0.39, 0.29) is 16.7 Å². The number of carbonyl (C=O) groups is 2. The van der Waals surface area contributed by atoms with Crippen LogP contribution in [0.25, 0.3) is 0 Å². The summed E-state index contributed by atoms with van der Waals surface area (Å²) in [4.78, 5) is 24.3. The molecule has 8 heteroatoms. The van der Waals surface area contributed by atoms with Gasteiger partial charge in [-0.3, -0.25) is 9.59 Å². The van der Waals surface area contributed by atoms with Crippen molar-refractivity contribution in [3.05, 3.63) is 42.5 Å². The normalized spacial score (nSPS) is 15.4. The minimum atomic E-state index is -3.70. The van der Waals surface area contributed by atoms with Crippen molar-refractivity contribution in [3.8, 4) is 0 Å². The fourth-order valence-corrected chi connectivity index (χ4v) is 2.87. The van der Waals surface area contributed by atoms with Gasteiger partial charge in [-0.1, -0.05) is 18.2 Å². The van der Waals surface area contributed by atoms with Gasteiger partial charge in [0.05, 0.1) is 4.90 Å². The van der Waals surface area contributed by atoms with Crippen molar-refractivity contribution in [2.24, 2.45) is 10.6 Å². The molecule has 0 radical (unpaired) electrons. The van der Waals surface area contributed by atoms with Gasteiger partial charge in [-0.2, -0.15) is 0 Å². The molecule has 0 aromatic heterocycles. The lowest BCUT2D eigenvalue weighted by Crippen LogP contribution is -2.43. The Balaban J connectivity index is 1.85. The summed E-state index contributed by atoms with van der Waals surface area (Å²) in [6, 6.07) is 6.15. The number of hydrogen-bond acceptors (Lipinski definition) is 4. The van der Waals surface area contributed by atoms with Crippen molar-refractivity contribution < 1.29 is 18.0 Å². The van der Waals surface area contributed by atoms with Gasteiger partial charge in [0, 0.05) is 13.1 Å².